The van der Waals surface area contributed by atoms with Crippen LogP contribution in [0.2, 0.25) is 0 Å². The smallest absolute Gasteiger partial charge is 0.319 e. The van der Waals surface area contributed by atoms with Crippen molar-refractivity contribution < 1.29 is 27.0 Å². The van der Waals surface area contributed by atoms with Gasteiger partial charge in [-0.25, -0.2) is 32.5 Å². The molecule has 10 nitrogen and oxygen atoms in total. The fraction of sp³-hybridized carbons (Fsp3) is 0.465. The number of nitrogens with one attached hydrogen (secondary N) is 1. The normalized spacial score (nSPS) is 15.4. The number of pyridine rings is 1. The number of anilines is 1. The van der Waals surface area contributed by atoms with Gasteiger partial charge in [-0.15, -0.1) is 6.42 Å². The molecular weight excluding hydrogens is 737 g/mol. The summed E-state index contributed by atoms with van der Waals surface area (Å²) in [6.07, 6.45) is 14.5. The van der Waals surface area contributed by atoms with Crippen LogP contribution >= 0.6 is 0 Å². The molecule has 0 radical (unpaired) electrons. The SMILES string of the molecule is C#Cc1c(F)ccc2cccc(-c3nc(CCCC(CC)CNCCC)c4c(N)nc(OCC56CCCN5CCC6)nc4c3F)c12.COc1nccnc1C(F)F. The minimum absolute atomic E-state index is 0.0271. The number of halogens is 4. The quantitative estimate of drug-likeness (QED) is 0.0607. The Bertz CT molecular complexity index is 2210. The highest BCUT2D eigenvalue weighted by molar-refractivity contribution is 6.02. The summed E-state index contributed by atoms with van der Waals surface area (Å²) in [5.41, 5.74) is 7.33. The number of hydrogen-bond donors (Lipinski definition) is 2. The number of ether oxygens (including phenoxy) is 2. The van der Waals surface area contributed by atoms with Crippen molar-refractivity contribution >= 4 is 27.5 Å². The maximum atomic E-state index is 16.8. The van der Waals surface area contributed by atoms with Crippen LogP contribution < -0.4 is 20.5 Å². The Balaban J connectivity index is 0.000000432. The van der Waals surface area contributed by atoms with E-state index in [1.54, 1.807) is 18.2 Å². The van der Waals surface area contributed by atoms with Crippen molar-refractivity contribution in [1.82, 2.24) is 35.1 Å². The van der Waals surface area contributed by atoms with E-state index in [2.05, 4.69) is 54.7 Å². The molecular formula is C43H50F4N8O2. The number of alkyl halides is 2. The van der Waals surface area contributed by atoms with Gasteiger partial charge in [0, 0.05) is 23.3 Å². The Morgan fingerprint density at radius 2 is 1.79 bits per heavy atom. The number of fused-ring (bicyclic) bond motifs is 3. The maximum absolute atomic E-state index is 16.8. The van der Waals surface area contributed by atoms with Gasteiger partial charge in [-0.3, -0.25) is 4.90 Å². The summed E-state index contributed by atoms with van der Waals surface area (Å²) in [6.45, 7) is 8.87. The fourth-order valence-corrected chi connectivity index (χ4v) is 8.16. The van der Waals surface area contributed by atoms with Gasteiger partial charge in [0.2, 0.25) is 5.88 Å². The predicted molar refractivity (Wildman–Crippen MR) is 214 cm³/mol. The van der Waals surface area contributed by atoms with Crippen LogP contribution in [-0.2, 0) is 6.42 Å². The Morgan fingerprint density at radius 3 is 2.47 bits per heavy atom. The molecule has 57 heavy (non-hydrogen) atoms. The van der Waals surface area contributed by atoms with E-state index in [1.807, 2.05) is 6.07 Å². The molecule has 0 saturated carbocycles. The Labute approximate surface area is 331 Å². The monoisotopic (exact) mass is 786 g/mol. The summed E-state index contributed by atoms with van der Waals surface area (Å²) in [6, 6.07) is 8.40. The molecule has 2 aliphatic rings. The molecule has 14 heteroatoms. The highest BCUT2D eigenvalue weighted by Crippen LogP contribution is 2.40. The lowest BCUT2D eigenvalue weighted by Gasteiger charge is -2.31. The average molecular weight is 787 g/mol. The van der Waals surface area contributed by atoms with Crippen molar-refractivity contribution in [2.45, 2.75) is 83.6 Å². The van der Waals surface area contributed by atoms with Crippen molar-refractivity contribution in [3.05, 3.63) is 71.3 Å². The zero-order chi connectivity index (χ0) is 40.5. The molecule has 0 bridgehead atoms. The van der Waals surface area contributed by atoms with Crippen LogP contribution in [0.3, 0.4) is 0 Å². The van der Waals surface area contributed by atoms with Gasteiger partial charge in [0.15, 0.2) is 11.5 Å². The largest absolute Gasteiger partial charge is 0.480 e. The molecule has 1 atom stereocenters. The third-order valence-corrected chi connectivity index (χ3v) is 11.1. The lowest BCUT2D eigenvalue weighted by molar-refractivity contribution is 0.108. The lowest BCUT2D eigenvalue weighted by atomic mass is 9.95. The van der Waals surface area contributed by atoms with E-state index in [0.29, 0.717) is 46.4 Å². The molecule has 5 aromatic rings. The molecule has 5 heterocycles. The molecule has 3 N–H and O–H groups in total. The molecule has 2 aromatic carbocycles. The number of hydrogen-bond acceptors (Lipinski definition) is 10. The Morgan fingerprint density at radius 1 is 1.02 bits per heavy atom. The molecule has 2 saturated heterocycles. The summed E-state index contributed by atoms with van der Waals surface area (Å²) in [5.74, 6) is 1.80. The minimum atomic E-state index is -2.64. The number of terminal acetylenes is 1. The predicted octanol–water partition coefficient (Wildman–Crippen LogP) is 8.47. The first-order valence-electron chi connectivity index (χ1n) is 19.7. The van der Waals surface area contributed by atoms with Crippen LogP contribution in [0, 0.1) is 29.9 Å². The van der Waals surface area contributed by atoms with Gasteiger partial charge in [0.25, 0.3) is 6.43 Å². The number of nitrogens with zero attached hydrogens (tertiary/aromatic N) is 6. The number of aromatic nitrogens is 5. The standard InChI is InChI=1S/C37H44F2N6O.C6H6F2N2O/c1-4-19-41-22-24(5-2)11-7-14-29-31-34(43-36(44-35(31)40)46-23-37-17-9-20-45(37)21-10-18-37)32(39)33(42-29)27-13-8-12-25-15-16-28(38)26(6-3)30(25)27;1-11-6-4(5(7)8)9-2-3-10-6/h3,8,12-13,15-16,24,41H,4-5,7,9-11,14,17-23H2,1-2H3,(H2,40,43,44);2-3,5H,1H3. The van der Waals surface area contributed by atoms with Crippen LogP contribution in [0.5, 0.6) is 11.9 Å². The minimum Gasteiger partial charge on any atom is -0.480 e. The van der Waals surface area contributed by atoms with E-state index in [-0.39, 0.29) is 40.0 Å². The van der Waals surface area contributed by atoms with Gasteiger partial charge < -0.3 is 20.5 Å². The number of rotatable bonds is 15. The van der Waals surface area contributed by atoms with Crippen molar-refractivity contribution in [2.24, 2.45) is 5.92 Å². The summed E-state index contributed by atoms with van der Waals surface area (Å²) >= 11 is 0. The molecule has 2 aliphatic heterocycles. The van der Waals surface area contributed by atoms with Crippen molar-refractivity contribution in [1.29, 1.82) is 0 Å². The second-order valence-corrected chi connectivity index (χ2v) is 14.6. The number of benzene rings is 2. The third kappa shape index (κ3) is 9.05. The fourth-order valence-electron chi connectivity index (χ4n) is 8.16. The summed E-state index contributed by atoms with van der Waals surface area (Å²) in [5, 5.41) is 5.06. The van der Waals surface area contributed by atoms with Gasteiger partial charge in [-0.05, 0) is 94.9 Å². The zero-order valence-electron chi connectivity index (χ0n) is 32.8. The van der Waals surface area contributed by atoms with E-state index in [0.717, 1.165) is 77.5 Å². The third-order valence-electron chi connectivity index (χ3n) is 11.1. The van der Waals surface area contributed by atoms with Crippen LogP contribution in [0.4, 0.5) is 23.4 Å². The summed E-state index contributed by atoms with van der Waals surface area (Å²) < 4.78 is 66.5. The molecule has 2 fully saturated rings. The number of aryl methyl sites for hydroxylation is 1. The lowest BCUT2D eigenvalue weighted by Crippen LogP contribution is -2.43. The topological polar surface area (TPSA) is 124 Å². The van der Waals surface area contributed by atoms with E-state index in [9.17, 15) is 13.2 Å². The Hall–Kier alpha value is -5.13. The van der Waals surface area contributed by atoms with E-state index < -0.39 is 23.8 Å². The summed E-state index contributed by atoms with van der Waals surface area (Å²) in [4.78, 5) is 23.5. The van der Waals surface area contributed by atoms with Crippen LogP contribution in [-0.4, -0.2) is 75.3 Å². The van der Waals surface area contributed by atoms with Gasteiger partial charge in [0.05, 0.1) is 29.3 Å². The van der Waals surface area contributed by atoms with Gasteiger partial charge >= 0.3 is 6.01 Å². The highest BCUT2D eigenvalue weighted by atomic mass is 19.3. The van der Waals surface area contributed by atoms with E-state index in [1.165, 1.54) is 25.6 Å². The van der Waals surface area contributed by atoms with Crippen molar-refractivity contribution in [3.63, 3.8) is 0 Å². The van der Waals surface area contributed by atoms with Crippen molar-refractivity contribution in [2.75, 3.05) is 45.6 Å². The first-order chi connectivity index (χ1) is 27.6. The Kier molecular flexibility index (Phi) is 13.7. The van der Waals surface area contributed by atoms with Crippen LogP contribution in [0.15, 0.2) is 42.7 Å². The summed E-state index contributed by atoms with van der Waals surface area (Å²) in [7, 11) is 1.27. The van der Waals surface area contributed by atoms with Crippen LogP contribution in [0.25, 0.3) is 32.9 Å². The average Bonchev–Trinajstić information content (AvgIpc) is 3.81. The first-order valence-corrected chi connectivity index (χ1v) is 19.7. The second kappa shape index (κ2) is 18.9. The van der Waals surface area contributed by atoms with E-state index >= 15 is 4.39 Å². The molecule has 302 valence electrons. The molecule has 3 aromatic heterocycles. The molecule has 0 aliphatic carbocycles. The van der Waals surface area contributed by atoms with Crippen LogP contribution in [0.1, 0.15) is 88.6 Å². The van der Waals surface area contributed by atoms with E-state index in [4.69, 9.17) is 21.9 Å². The number of nitrogens with two attached hydrogens (primary N) is 1. The molecule has 7 rings (SSSR count). The van der Waals surface area contributed by atoms with Gasteiger partial charge in [-0.1, -0.05) is 50.5 Å². The van der Waals surface area contributed by atoms with Crippen molar-refractivity contribution in [3.8, 4) is 35.5 Å². The maximum Gasteiger partial charge on any atom is 0.319 e. The number of methoxy groups -OCH3 is 1. The molecule has 0 amide bonds. The molecule has 1 unspecified atom stereocenters. The first kappa shape index (κ1) is 41.5. The van der Waals surface area contributed by atoms with Gasteiger partial charge in [0.1, 0.15) is 29.5 Å². The highest BCUT2D eigenvalue weighted by Gasteiger charge is 2.45. The second-order valence-electron chi connectivity index (χ2n) is 14.6. The van der Waals surface area contributed by atoms with Gasteiger partial charge in [-0.2, -0.15) is 9.97 Å². The zero-order valence-corrected chi connectivity index (χ0v) is 32.8. The molecule has 0 spiro atoms. The number of nitrogen functional groups attached to an aromatic ring is 1.